The highest BCUT2D eigenvalue weighted by Crippen LogP contribution is 2.40. The van der Waals surface area contributed by atoms with Crippen LogP contribution in [0.3, 0.4) is 0 Å². The Labute approximate surface area is 175 Å². The number of allylic oxidation sites excluding steroid dienone is 2. The molecule has 0 saturated carbocycles. The van der Waals surface area contributed by atoms with E-state index in [1.54, 1.807) is 0 Å². The van der Waals surface area contributed by atoms with Crippen molar-refractivity contribution in [1.29, 1.82) is 0 Å². The van der Waals surface area contributed by atoms with Gasteiger partial charge in [0.05, 0.1) is 11.4 Å². The van der Waals surface area contributed by atoms with Gasteiger partial charge in [-0.05, 0) is 37.3 Å². The first-order valence-corrected chi connectivity index (χ1v) is 10.2. The summed E-state index contributed by atoms with van der Waals surface area (Å²) >= 11 is 0. The van der Waals surface area contributed by atoms with Gasteiger partial charge in [-0.15, -0.1) is 0 Å². The van der Waals surface area contributed by atoms with Gasteiger partial charge in [0.25, 0.3) is 0 Å². The zero-order valence-electron chi connectivity index (χ0n) is 17.2. The maximum atomic E-state index is 14.0. The molecule has 1 aromatic rings. The lowest BCUT2D eigenvalue weighted by molar-refractivity contribution is 0.135. The van der Waals surface area contributed by atoms with Crippen molar-refractivity contribution in [2.45, 2.75) is 38.8 Å². The highest BCUT2D eigenvalue weighted by Gasteiger charge is 2.36. The first-order chi connectivity index (χ1) is 14.3. The van der Waals surface area contributed by atoms with Crippen LogP contribution in [-0.4, -0.2) is 28.9 Å². The van der Waals surface area contributed by atoms with Crippen LogP contribution in [0, 0.1) is 17.5 Å². The molecule has 30 heavy (non-hydrogen) atoms. The second-order valence-electron chi connectivity index (χ2n) is 8.12. The Morgan fingerprint density at radius 3 is 2.57 bits per heavy atom. The van der Waals surface area contributed by atoms with E-state index in [1.807, 2.05) is 13.1 Å². The van der Waals surface area contributed by atoms with Gasteiger partial charge in [0.2, 0.25) is 0 Å². The van der Waals surface area contributed by atoms with Crippen LogP contribution in [0.25, 0.3) is 0 Å². The van der Waals surface area contributed by atoms with E-state index in [1.165, 1.54) is 12.8 Å². The first kappa shape index (κ1) is 20.4. The van der Waals surface area contributed by atoms with Crippen LogP contribution in [0.5, 0.6) is 0 Å². The van der Waals surface area contributed by atoms with Crippen LogP contribution in [0.4, 0.5) is 13.2 Å². The van der Waals surface area contributed by atoms with Crippen molar-refractivity contribution in [3.63, 3.8) is 0 Å². The molecular formula is C24H26F3N3. The topological polar surface area (TPSA) is 18.5 Å². The van der Waals surface area contributed by atoms with Crippen molar-refractivity contribution < 1.29 is 13.2 Å². The average molecular weight is 413 g/mol. The molecule has 3 heterocycles. The summed E-state index contributed by atoms with van der Waals surface area (Å²) in [5.41, 5.74) is 4.99. The van der Waals surface area contributed by atoms with Crippen molar-refractivity contribution in [3.8, 4) is 0 Å². The number of piperazine rings is 1. The third-order valence-electron chi connectivity index (χ3n) is 6.27. The Balaban J connectivity index is 1.55. The van der Waals surface area contributed by atoms with Crippen molar-refractivity contribution in [1.82, 2.24) is 15.1 Å². The van der Waals surface area contributed by atoms with Gasteiger partial charge in [0.1, 0.15) is 17.5 Å². The van der Waals surface area contributed by atoms with E-state index in [9.17, 15) is 13.2 Å². The van der Waals surface area contributed by atoms with Gasteiger partial charge in [-0.3, -0.25) is 0 Å². The number of benzene rings is 1. The van der Waals surface area contributed by atoms with E-state index in [2.05, 4.69) is 34.9 Å². The summed E-state index contributed by atoms with van der Waals surface area (Å²) in [5.74, 6) is -2.79. The van der Waals surface area contributed by atoms with Gasteiger partial charge in [0, 0.05) is 60.8 Å². The van der Waals surface area contributed by atoms with E-state index in [0.717, 1.165) is 47.6 Å². The van der Waals surface area contributed by atoms with Crippen LogP contribution in [0.2, 0.25) is 0 Å². The number of nitrogens with zero attached hydrogens (tertiary/aromatic N) is 2. The summed E-state index contributed by atoms with van der Waals surface area (Å²) < 4.78 is 41.0. The van der Waals surface area contributed by atoms with Crippen molar-refractivity contribution in [3.05, 3.63) is 94.9 Å². The van der Waals surface area contributed by atoms with Crippen LogP contribution >= 0.6 is 0 Å². The third-order valence-corrected chi connectivity index (χ3v) is 6.27. The molecule has 3 aliphatic heterocycles. The minimum atomic E-state index is -0.939. The molecule has 3 aliphatic rings. The lowest BCUT2D eigenvalue weighted by Crippen LogP contribution is -2.51. The largest absolute Gasteiger partial charge is 0.381 e. The average Bonchev–Trinajstić information content (AvgIpc) is 2.69. The summed E-state index contributed by atoms with van der Waals surface area (Å²) in [7, 11) is 0. The van der Waals surface area contributed by atoms with Gasteiger partial charge in [0.15, 0.2) is 0 Å². The van der Waals surface area contributed by atoms with E-state index in [-0.39, 0.29) is 12.1 Å². The molecule has 0 aliphatic carbocycles. The maximum absolute atomic E-state index is 14.0. The Morgan fingerprint density at radius 1 is 1.17 bits per heavy atom. The number of hydrogen-bond acceptors (Lipinski definition) is 3. The Bertz CT molecular complexity index is 982. The quantitative estimate of drug-likeness (QED) is 0.739. The highest BCUT2D eigenvalue weighted by atomic mass is 19.1. The molecule has 2 fully saturated rings. The Hall–Kier alpha value is -2.89. The van der Waals surface area contributed by atoms with Gasteiger partial charge in [-0.25, -0.2) is 13.2 Å². The van der Waals surface area contributed by atoms with Crippen LogP contribution < -0.4 is 5.32 Å². The molecule has 0 aromatic heterocycles. The molecule has 0 spiro atoms. The molecule has 1 N–H and O–H groups in total. The molecule has 1 unspecified atom stereocenters. The van der Waals surface area contributed by atoms with Crippen molar-refractivity contribution in [2.24, 2.45) is 0 Å². The number of halogens is 3. The molecule has 1 aromatic carbocycles. The van der Waals surface area contributed by atoms with E-state index in [4.69, 9.17) is 0 Å². The van der Waals surface area contributed by atoms with E-state index >= 15 is 0 Å². The smallest absolute Gasteiger partial charge is 0.134 e. The fourth-order valence-corrected chi connectivity index (χ4v) is 4.58. The van der Waals surface area contributed by atoms with Crippen LogP contribution in [-0.2, 0) is 6.54 Å². The fraction of sp³-hybridized carbons (Fsp3) is 0.333. The minimum Gasteiger partial charge on any atom is -0.381 e. The third kappa shape index (κ3) is 3.44. The molecular weight excluding hydrogens is 387 g/mol. The first-order valence-electron chi connectivity index (χ1n) is 10.2. The summed E-state index contributed by atoms with van der Waals surface area (Å²) in [5, 5.41) is 2.98. The second kappa shape index (κ2) is 7.74. The number of nitrogens with one attached hydrogen (secondary N) is 1. The number of fused-ring (bicyclic) bond motifs is 2. The van der Waals surface area contributed by atoms with Crippen molar-refractivity contribution in [2.75, 3.05) is 13.1 Å². The molecule has 158 valence electrons. The molecule has 4 rings (SSSR count). The lowest BCUT2D eigenvalue weighted by atomic mass is 9.88. The van der Waals surface area contributed by atoms with Crippen LogP contribution in [0.15, 0.2) is 71.9 Å². The normalized spacial score (nSPS) is 21.3. The molecule has 0 radical (unpaired) electrons. The molecule has 6 heteroatoms. The number of rotatable bonds is 4. The van der Waals surface area contributed by atoms with Gasteiger partial charge in [-0.2, -0.15) is 0 Å². The molecule has 3 nitrogen and oxygen atoms in total. The predicted octanol–water partition coefficient (Wildman–Crippen LogP) is 5.12. The zero-order chi connectivity index (χ0) is 21.6. The van der Waals surface area contributed by atoms with Gasteiger partial charge < -0.3 is 15.1 Å². The minimum absolute atomic E-state index is 0.139. The molecule has 2 saturated heterocycles. The molecule has 0 amide bonds. The summed E-state index contributed by atoms with van der Waals surface area (Å²) in [4.78, 5) is 4.60. The predicted molar refractivity (Wildman–Crippen MR) is 112 cm³/mol. The van der Waals surface area contributed by atoms with E-state index < -0.39 is 17.5 Å². The van der Waals surface area contributed by atoms with Crippen LogP contribution in [0.1, 0.15) is 31.7 Å². The Kier molecular flexibility index (Phi) is 5.26. The standard InChI is InChI=1S/C24H26F3N3/c1-14-15(2)24-17(4)30-8-6-5-7-19(30)12-29(24)13-21(14)16(3)28-11-20-22(26)9-18(25)10-23(20)27/h9-10,13,19,28H,1,3-8,11-12H2,2H3. The molecule has 0 bridgehead atoms. The van der Waals surface area contributed by atoms with E-state index in [0.29, 0.717) is 23.9 Å². The summed E-state index contributed by atoms with van der Waals surface area (Å²) in [6, 6.07) is 1.78. The monoisotopic (exact) mass is 413 g/mol. The van der Waals surface area contributed by atoms with Gasteiger partial charge in [-0.1, -0.05) is 19.7 Å². The highest BCUT2D eigenvalue weighted by molar-refractivity contribution is 5.60. The molecule has 1 atom stereocenters. The lowest BCUT2D eigenvalue weighted by Gasteiger charge is -2.49. The summed E-state index contributed by atoms with van der Waals surface area (Å²) in [6.45, 7) is 16.4. The zero-order valence-corrected chi connectivity index (χ0v) is 17.2. The maximum Gasteiger partial charge on any atom is 0.134 e. The Morgan fingerprint density at radius 2 is 1.87 bits per heavy atom. The summed E-state index contributed by atoms with van der Waals surface area (Å²) in [6.07, 6.45) is 5.52. The number of piperidine rings is 1. The van der Waals surface area contributed by atoms with Gasteiger partial charge >= 0.3 is 0 Å². The SMILES string of the molecule is C=C(NCc1c(F)cc(F)cc1F)C1=CN2CC3CCCCN3C(=C)C2=C(C)C1=C. The van der Waals surface area contributed by atoms with Crippen molar-refractivity contribution >= 4 is 0 Å². The fourth-order valence-electron chi connectivity index (χ4n) is 4.58. The number of hydrogen-bond donors (Lipinski definition) is 1. The second-order valence-corrected chi connectivity index (χ2v) is 8.12.